The number of hydrogen-bond donors (Lipinski definition) is 1. The Morgan fingerprint density at radius 2 is 2.26 bits per heavy atom. The van der Waals surface area contributed by atoms with Crippen molar-refractivity contribution in [1.82, 2.24) is 4.98 Å². The summed E-state index contributed by atoms with van der Waals surface area (Å²) in [4.78, 5) is 16.1. The summed E-state index contributed by atoms with van der Waals surface area (Å²) in [6, 6.07) is 5.04. The van der Waals surface area contributed by atoms with Gasteiger partial charge in [0, 0.05) is 12.5 Å². The molecule has 0 saturated heterocycles. The van der Waals surface area contributed by atoms with Gasteiger partial charge in [-0.05, 0) is 12.1 Å². The number of thiazole rings is 1. The summed E-state index contributed by atoms with van der Waals surface area (Å²) in [7, 11) is 1.58. The van der Waals surface area contributed by atoms with E-state index in [9.17, 15) is 4.79 Å². The van der Waals surface area contributed by atoms with Crippen LogP contribution in [0.1, 0.15) is 15.5 Å². The zero-order valence-corrected chi connectivity index (χ0v) is 12.3. The third-order valence-corrected chi connectivity index (χ3v) is 3.89. The third-order valence-electron chi connectivity index (χ3n) is 2.25. The van der Waals surface area contributed by atoms with Gasteiger partial charge in [-0.15, -0.1) is 11.3 Å². The van der Waals surface area contributed by atoms with E-state index >= 15 is 0 Å². The quantitative estimate of drug-likeness (QED) is 0.932. The summed E-state index contributed by atoms with van der Waals surface area (Å²) >= 11 is 13.2. The zero-order valence-electron chi connectivity index (χ0n) is 9.94. The Bertz CT molecular complexity index is 601. The van der Waals surface area contributed by atoms with Crippen molar-refractivity contribution in [3.8, 4) is 0 Å². The van der Waals surface area contributed by atoms with Gasteiger partial charge < -0.3 is 10.1 Å². The van der Waals surface area contributed by atoms with Crippen molar-refractivity contribution in [2.45, 2.75) is 6.61 Å². The maximum absolute atomic E-state index is 12.0. The van der Waals surface area contributed by atoms with E-state index in [4.69, 9.17) is 27.9 Å². The molecule has 2 aromatic rings. The number of hydrogen-bond acceptors (Lipinski definition) is 4. The molecule has 0 atom stereocenters. The molecule has 0 saturated carbocycles. The lowest BCUT2D eigenvalue weighted by Crippen LogP contribution is -2.12. The average molecular weight is 317 g/mol. The van der Waals surface area contributed by atoms with Gasteiger partial charge in [-0.2, -0.15) is 0 Å². The lowest BCUT2D eigenvalue weighted by molar-refractivity contribution is 0.102. The maximum Gasteiger partial charge on any atom is 0.275 e. The minimum atomic E-state index is -0.331. The van der Waals surface area contributed by atoms with Crippen molar-refractivity contribution in [3.05, 3.63) is 44.3 Å². The van der Waals surface area contributed by atoms with Gasteiger partial charge in [0.15, 0.2) is 0 Å². The summed E-state index contributed by atoms with van der Waals surface area (Å²) in [5.74, 6) is -0.331. The molecule has 0 unspecified atom stereocenters. The molecule has 0 aliphatic heterocycles. The van der Waals surface area contributed by atoms with Crippen LogP contribution in [0.2, 0.25) is 10.0 Å². The van der Waals surface area contributed by atoms with Gasteiger partial charge in [-0.1, -0.05) is 29.3 Å². The van der Waals surface area contributed by atoms with Crippen LogP contribution in [0.3, 0.4) is 0 Å². The second-order valence-corrected chi connectivity index (χ2v) is 5.34. The normalized spacial score (nSPS) is 10.5. The first-order valence-corrected chi connectivity index (χ1v) is 6.94. The van der Waals surface area contributed by atoms with Crippen LogP contribution in [0.4, 0.5) is 5.69 Å². The number of aromatic nitrogens is 1. The van der Waals surface area contributed by atoms with Gasteiger partial charge >= 0.3 is 0 Å². The highest BCUT2D eigenvalue weighted by Crippen LogP contribution is 2.29. The van der Waals surface area contributed by atoms with Gasteiger partial charge in [0.1, 0.15) is 10.7 Å². The van der Waals surface area contributed by atoms with Crippen molar-refractivity contribution in [2.75, 3.05) is 12.4 Å². The molecule has 2 rings (SSSR count). The smallest absolute Gasteiger partial charge is 0.275 e. The van der Waals surface area contributed by atoms with Gasteiger partial charge in [0.05, 0.1) is 22.3 Å². The second-order valence-electron chi connectivity index (χ2n) is 3.61. The van der Waals surface area contributed by atoms with Crippen molar-refractivity contribution in [2.24, 2.45) is 0 Å². The highest BCUT2D eigenvalue weighted by Gasteiger charge is 2.13. The monoisotopic (exact) mass is 316 g/mol. The molecular weight excluding hydrogens is 307 g/mol. The van der Waals surface area contributed by atoms with E-state index in [1.54, 1.807) is 30.7 Å². The predicted octanol–water partition coefficient (Wildman–Crippen LogP) is 3.85. The number of halogens is 2. The number of anilines is 1. The fourth-order valence-corrected chi connectivity index (χ4v) is 2.48. The van der Waals surface area contributed by atoms with E-state index in [1.165, 1.54) is 11.3 Å². The van der Waals surface area contributed by atoms with Crippen LogP contribution in [0.15, 0.2) is 23.6 Å². The van der Waals surface area contributed by atoms with Crippen LogP contribution in [-0.2, 0) is 11.3 Å². The fraction of sp³-hybridized carbons (Fsp3) is 0.167. The number of nitrogens with zero attached hydrogens (tertiary/aromatic N) is 1. The Kier molecular flexibility index (Phi) is 4.76. The lowest BCUT2D eigenvalue weighted by atomic mass is 10.3. The zero-order chi connectivity index (χ0) is 13.8. The van der Waals surface area contributed by atoms with Crippen molar-refractivity contribution in [3.63, 3.8) is 0 Å². The Hall–Kier alpha value is -1.14. The molecule has 7 heteroatoms. The molecule has 0 aliphatic carbocycles. The summed E-state index contributed by atoms with van der Waals surface area (Å²) in [6.07, 6.45) is 0. The number of carbonyl (C=O) groups is 1. The molecule has 1 amide bonds. The molecule has 1 aromatic carbocycles. The first-order valence-electron chi connectivity index (χ1n) is 5.30. The summed E-state index contributed by atoms with van der Waals surface area (Å²) < 4.78 is 4.95. The van der Waals surface area contributed by atoms with Crippen LogP contribution in [0.5, 0.6) is 0 Å². The topological polar surface area (TPSA) is 51.2 Å². The predicted molar refractivity (Wildman–Crippen MR) is 77.2 cm³/mol. The highest BCUT2D eigenvalue weighted by molar-refractivity contribution is 7.09. The van der Waals surface area contributed by atoms with E-state index in [1.807, 2.05) is 0 Å². The van der Waals surface area contributed by atoms with Crippen molar-refractivity contribution in [1.29, 1.82) is 0 Å². The van der Waals surface area contributed by atoms with Crippen molar-refractivity contribution >= 4 is 46.1 Å². The molecule has 1 aromatic heterocycles. The van der Waals surface area contributed by atoms with E-state index in [0.29, 0.717) is 28.0 Å². The molecule has 0 bridgehead atoms. The summed E-state index contributed by atoms with van der Waals surface area (Å²) in [5, 5.41) is 5.78. The maximum atomic E-state index is 12.0. The first kappa shape index (κ1) is 14.3. The number of carbonyl (C=O) groups excluding carboxylic acids is 1. The molecule has 0 aliphatic rings. The largest absolute Gasteiger partial charge is 0.378 e. The molecule has 1 N–H and O–H groups in total. The standard InChI is InChI=1S/C12H10Cl2N2O2S/c1-18-5-10-15-9(6-19-10)12(17)16-8-4-2-3-7(13)11(8)14/h2-4,6H,5H2,1H3,(H,16,17). The Morgan fingerprint density at radius 1 is 1.47 bits per heavy atom. The lowest BCUT2D eigenvalue weighted by Gasteiger charge is -2.06. The molecule has 0 radical (unpaired) electrons. The van der Waals surface area contributed by atoms with Crippen LogP contribution in [0.25, 0.3) is 0 Å². The van der Waals surface area contributed by atoms with E-state index in [-0.39, 0.29) is 5.91 Å². The number of ether oxygens (including phenoxy) is 1. The summed E-state index contributed by atoms with van der Waals surface area (Å²) in [6.45, 7) is 0.385. The molecule has 100 valence electrons. The molecule has 0 fully saturated rings. The van der Waals surface area contributed by atoms with Crippen LogP contribution in [-0.4, -0.2) is 18.0 Å². The summed E-state index contributed by atoms with van der Waals surface area (Å²) in [5.41, 5.74) is 0.786. The minimum Gasteiger partial charge on any atom is -0.378 e. The van der Waals surface area contributed by atoms with E-state index < -0.39 is 0 Å². The highest BCUT2D eigenvalue weighted by atomic mass is 35.5. The van der Waals surface area contributed by atoms with E-state index in [2.05, 4.69) is 10.3 Å². The fourth-order valence-electron chi connectivity index (χ4n) is 1.39. The van der Waals surface area contributed by atoms with Crippen molar-refractivity contribution < 1.29 is 9.53 Å². The van der Waals surface area contributed by atoms with Crippen LogP contribution >= 0.6 is 34.5 Å². The van der Waals surface area contributed by atoms with E-state index in [0.717, 1.165) is 5.01 Å². The number of rotatable bonds is 4. The number of nitrogens with one attached hydrogen (secondary N) is 1. The van der Waals surface area contributed by atoms with Crippen LogP contribution in [0, 0.1) is 0 Å². The first-order chi connectivity index (χ1) is 9.11. The van der Waals surface area contributed by atoms with Crippen LogP contribution < -0.4 is 5.32 Å². The molecular formula is C12H10Cl2N2O2S. The van der Waals surface area contributed by atoms with Gasteiger partial charge in [-0.25, -0.2) is 4.98 Å². The molecule has 4 nitrogen and oxygen atoms in total. The molecule has 19 heavy (non-hydrogen) atoms. The average Bonchev–Trinajstić information content (AvgIpc) is 2.84. The Labute approximate surface area is 124 Å². The van der Waals surface area contributed by atoms with Gasteiger partial charge in [0.25, 0.3) is 5.91 Å². The third kappa shape index (κ3) is 3.45. The number of amides is 1. The number of methoxy groups -OCH3 is 1. The number of benzene rings is 1. The second kappa shape index (κ2) is 6.34. The van der Waals surface area contributed by atoms with Gasteiger partial charge in [-0.3, -0.25) is 4.79 Å². The van der Waals surface area contributed by atoms with Gasteiger partial charge in [0.2, 0.25) is 0 Å². The Morgan fingerprint density at radius 3 is 3.00 bits per heavy atom. The molecule has 0 spiro atoms. The SMILES string of the molecule is COCc1nc(C(=O)Nc2cccc(Cl)c2Cl)cs1. The Balaban J connectivity index is 2.14. The minimum absolute atomic E-state index is 0.310. The molecule has 1 heterocycles.